The molecule has 0 radical (unpaired) electrons. The highest BCUT2D eigenvalue weighted by atomic mass is 32.1. The quantitative estimate of drug-likeness (QED) is 0.182. The van der Waals surface area contributed by atoms with E-state index in [2.05, 4.69) is 91.0 Å². The predicted octanol–water partition coefficient (Wildman–Crippen LogP) is 12.3. The molecule has 0 spiro atoms. The van der Waals surface area contributed by atoms with Crippen LogP contribution in [0, 0.1) is 0 Å². The molecule has 10 aromatic rings. The zero-order valence-corrected chi connectivity index (χ0v) is 28.2. The van der Waals surface area contributed by atoms with Crippen molar-refractivity contribution in [2.24, 2.45) is 0 Å². The standard InChI is InChI=1S/C44H26N4S2/c1-4-13-27(14-5-1)41-46-42(28-15-6-2-7-16-28)48-43(47-41)34-24-23-32(30-19-10-11-20-31(30)34)33-21-12-22-37-40(33)35-25-39-36(26-38(35)49-37)45-44(50-39)29-17-8-3-9-18-29/h1-26H. The number of thiazole rings is 1. The number of rotatable bonds is 5. The molecule has 0 aliphatic carbocycles. The third-order valence-electron chi connectivity index (χ3n) is 9.18. The average Bonchev–Trinajstić information content (AvgIpc) is 3.78. The molecule has 0 saturated carbocycles. The molecule has 234 valence electrons. The Bertz CT molecular complexity index is 2800. The second-order valence-electron chi connectivity index (χ2n) is 12.2. The van der Waals surface area contributed by atoms with Crippen LogP contribution in [0.1, 0.15) is 0 Å². The van der Waals surface area contributed by atoms with Crippen LogP contribution < -0.4 is 0 Å². The van der Waals surface area contributed by atoms with Gasteiger partial charge in [-0.05, 0) is 46.2 Å². The molecule has 0 N–H and O–H groups in total. The maximum Gasteiger partial charge on any atom is 0.164 e. The predicted molar refractivity (Wildman–Crippen MR) is 211 cm³/mol. The minimum atomic E-state index is 0.654. The minimum absolute atomic E-state index is 0.654. The van der Waals surface area contributed by atoms with Gasteiger partial charge in [0.15, 0.2) is 17.5 Å². The molecule has 0 bridgehead atoms. The van der Waals surface area contributed by atoms with Gasteiger partial charge in [-0.3, -0.25) is 0 Å². The smallest absolute Gasteiger partial charge is 0.164 e. The summed E-state index contributed by atoms with van der Waals surface area (Å²) in [5.41, 5.74) is 7.49. The molecule has 10 rings (SSSR count). The van der Waals surface area contributed by atoms with Crippen LogP contribution in [0.5, 0.6) is 0 Å². The molecule has 7 aromatic carbocycles. The molecule has 6 heteroatoms. The summed E-state index contributed by atoms with van der Waals surface area (Å²) < 4.78 is 3.71. The zero-order valence-electron chi connectivity index (χ0n) is 26.6. The highest BCUT2D eigenvalue weighted by molar-refractivity contribution is 7.26. The summed E-state index contributed by atoms with van der Waals surface area (Å²) in [4.78, 5) is 20.1. The fraction of sp³-hybridized carbons (Fsp3) is 0. The van der Waals surface area contributed by atoms with Crippen molar-refractivity contribution in [3.63, 3.8) is 0 Å². The van der Waals surface area contributed by atoms with Crippen LogP contribution in [-0.2, 0) is 0 Å². The Kier molecular flexibility index (Phi) is 6.82. The number of aromatic nitrogens is 4. The van der Waals surface area contributed by atoms with Gasteiger partial charge in [0.1, 0.15) is 5.01 Å². The van der Waals surface area contributed by atoms with E-state index in [1.807, 2.05) is 78.1 Å². The molecule has 0 saturated heterocycles. The number of hydrogen-bond acceptors (Lipinski definition) is 6. The summed E-state index contributed by atoms with van der Waals surface area (Å²) in [6.07, 6.45) is 0. The first-order chi connectivity index (χ1) is 24.8. The van der Waals surface area contributed by atoms with Gasteiger partial charge >= 0.3 is 0 Å². The molecule has 0 atom stereocenters. The normalized spacial score (nSPS) is 11.6. The Morgan fingerprint density at radius 1 is 0.340 bits per heavy atom. The van der Waals surface area contributed by atoms with E-state index in [1.165, 1.54) is 36.0 Å². The van der Waals surface area contributed by atoms with E-state index < -0.39 is 0 Å². The van der Waals surface area contributed by atoms with Gasteiger partial charge in [-0.25, -0.2) is 19.9 Å². The van der Waals surface area contributed by atoms with E-state index in [-0.39, 0.29) is 0 Å². The topological polar surface area (TPSA) is 51.6 Å². The molecule has 4 nitrogen and oxygen atoms in total. The molecular formula is C44H26N4S2. The van der Waals surface area contributed by atoms with E-state index in [9.17, 15) is 0 Å². The molecular weight excluding hydrogens is 649 g/mol. The first-order valence-corrected chi connectivity index (χ1v) is 18.1. The highest BCUT2D eigenvalue weighted by Gasteiger charge is 2.19. The van der Waals surface area contributed by atoms with Gasteiger partial charge in [0.2, 0.25) is 0 Å². The van der Waals surface area contributed by atoms with Crippen molar-refractivity contribution >= 4 is 63.8 Å². The number of benzene rings is 7. The maximum absolute atomic E-state index is 5.06. The summed E-state index contributed by atoms with van der Waals surface area (Å²) in [5, 5.41) is 5.85. The van der Waals surface area contributed by atoms with Crippen molar-refractivity contribution in [2.45, 2.75) is 0 Å². The summed E-state index contributed by atoms with van der Waals surface area (Å²) in [5.74, 6) is 1.96. The number of nitrogens with zero attached hydrogens (tertiary/aromatic N) is 4. The third-order valence-corrected chi connectivity index (χ3v) is 11.4. The van der Waals surface area contributed by atoms with E-state index in [0.717, 1.165) is 43.6 Å². The van der Waals surface area contributed by atoms with Gasteiger partial charge in [0.05, 0.1) is 10.2 Å². The Morgan fingerprint density at radius 3 is 1.60 bits per heavy atom. The second kappa shape index (κ2) is 11.8. The van der Waals surface area contributed by atoms with Gasteiger partial charge in [0.25, 0.3) is 0 Å². The van der Waals surface area contributed by atoms with Crippen LogP contribution in [-0.4, -0.2) is 19.9 Å². The molecule has 50 heavy (non-hydrogen) atoms. The zero-order chi connectivity index (χ0) is 33.0. The lowest BCUT2D eigenvalue weighted by molar-refractivity contribution is 1.08. The maximum atomic E-state index is 5.06. The summed E-state index contributed by atoms with van der Waals surface area (Å²) in [6, 6.07) is 55.0. The summed E-state index contributed by atoms with van der Waals surface area (Å²) in [6.45, 7) is 0. The third kappa shape index (κ3) is 4.88. The Hall–Kier alpha value is -6.08. The van der Waals surface area contributed by atoms with Crippen LogP contribution in [0.4, 0.5) is 0 Å². The lowest BCUT2D eigenvalue weighted by Gasteiger charge is -2.14. The van der Waals surface area contributed by atoms with Gasteiger partial charge in [-0.2, -0.15) is 0 Å². The van der Waals surface area contributed by atoms with Crippen LogP contribution in [0.25, 0.3) is 97.0 Å². The first kappa shape index (κ1) is 28.9. The van der Waals surface area contributed by atoms with Crippen molar-refractivity contribution in [2.75, 3.05) is 0 Å². The lowest BCUT2D eigenvalue weighted by atomic mass is 9.92. The number of hydrogen-bond donors (Lipinski definition) is 0. The van der Waals surface area contributed by atoms with Gasteiger partial charge in [-0.1, -0.05) is 133 Å². The number of fused-ring (bicyclic) bond motifs is 5. The van der Waals surface area contributed by atoms with Crippen LogP contribution >= 0.6 is 22.7 Å². The molecule has 0 fully saturated rings. The molecule has 3 heterocycles. The van der Waals surface area contributed by atoms with E-state index in [1.54, 1.807) is 11.3 Å². The van der Waals surface area contributed by atoms with Crippen molar-refractivity contribution in [3.05, 3.63) is 158 Å². The lowest BCUT2D eigenvalue weighted by Crippen LogP contribution is -2.00. The van der Waals surface area contributed by atoms with Gasteiger partial charge in [-0.15, -0.1) is 22.7 Å². The summed E-state index contributed by atoms with van der Waals surface area (Å²) >= 11 is 3.59. The fourth-order valence-electron chi connectivity index (χ4n) is 6.83. The molecule has 3 aromatic heterocycles. The average molecular weight is 675 g/mol. The number of thiophene rings is 1. The molecule has 0 unspecified atom stereocenters. The van der Waals surface area contributed by atoms with Crippen LogP contribution in [0.2, 0.25) is 0 Å². The van der Waals surface area contributed by atoms with Crippen LogP contribution in [0.15, 0.2) is 158 Å². The van der Waals surface area contributed by atoms with Crippen LogP contribution in [0.3, 0.4) is 0 Å². The van der Waals surface area contributed by atoms with E-state index in [4.69, 9.17) is 19.9 Å². The first-order valence-electron chi connectivity index (χ1n) is 16.5. The fourth-order valence-corrected chi connectivity index (χ4v) is 8.97. The Balaban J connectivity index is 1.16. The van der Waals surface area contributed by atoms with Crippen molar-refractivity contribution in [3.8, 4) is 55.9 Å². The molecule has 0 aliphatic rings. The van der Waals surface area contributed by atoms with Gasteiger partial charge in [0, 0.05) is 42.4 Å². The van der Waals surface area contributed by atoms with Crippen molar-refractivity contribution < 1.29 is 0 Å². The van der Waals surface area contributed by atoms with Crippen molar-refractivity contribution in [1.82, 2.24) is 19.9 Å². The van der Waals surface area contributed by atoms with Crippen molar-refractivity contribution in [1.29, 1.82) is 0 Å². The Morgan fingerprint density at radius 2 is 0.920 bits per heavy atom. The molecule has 0 aliphatic heterocycles. The van der Waals surface area contributed by atoms with E-state index >= 15 is 0 Å². The Labute approximate surface area is 296 Å². The largest absolute Gasteiger partial charge is 0.236 e. The second-order valence-corrected chi connectivity index (χ2v) is 14.3. The van der Waals surface area contributed by atoms with Gasteiger partial charge < -0.3 is 0 Å². The SMILES string of the molecule is c1ccc(-c2nc(-c3ccccc3)nc(-c3ccc(-c4cccc5sc6cc7nc(-c8ccccc8)sc7cc6c45)c4ccccc34)n2)cc1. The highest BCUT2D eigenvalue weighted by Crippen LogP contribution is 2.45. The molecule has 0 amide bonds. The summed E-state index contributed by atoms with van der Waals surface area (Å²) in [7, 11) is 0. The minimum Gasteiger partial charge on any atom is -0.236 e. The monoisotopic (exact) mass is 674 g/mol. The van der Waals surface area contributed by atoms with E-state index in [0.29, 0.717) is 17.5 Å².